The number of aromatic nitrogens is 1. The summed E-state index contributed by atoms with van der Waals surface area (Å²) in [7, 11) is 0. The van der Waals surface area contributed by atoms with Crippen molar-refractivity contribution in [2.75, 3.05) is 0 Å². The summed E-state index contributed by atoms with van der Waals surface area (Å²) in [5.74, 6) is 0.806. The highest BCUT2D eigenvalue weighted by molar-refractivity contribution is 9.10. The first-order chi connectivity index (χ1) is 9.20. The monoisotopic (exact) mass is 320 g/mol. The van der Waals surface area contributed by atoms with Crippen LogP contribution in [0.3, 0.4) is 0 Å². The molecular weight excluding hydrogens is 304 g/mol. The van der Waals surface area contributed by atoms with E-state index in [1.807, 2.05) is 36.4 Å². The molecule has 19 heavy (non-hydrogen) atoms. The highest BCUT2D eigenvalue weighted by atomic mass is 79.9. The Hall–Kier alpha value is -1.39. The highest BCUT2D eigenvalue weighted by Gasteiger charge is 2.20. The minimum Gasteiger partial charge on any atom is -0.484 e. The normalized spacial score (nSPS) is 13.8. The van der Waals surface area contributed by atoms with E-state index in [1.165, 1.54) is 0 Å². The van der Waals surface area contributed by atoms with Gasteiger partial charge < -0.3 is 10.5 Å². The third-order valence-electron chi connectivity index (χ3n) is 2.95. The molecule has 0 radical (unpaired) electrons. The molecule has 1 aromatic carbocycles. The van der Waals surface area contributed by atoms with Crippen molar-refractivity contribution in [1.29, 1.82) is 0 Å². The topological polar surface area (TPSA) is 48.1 Å². The lowest BCUT2D eigenvalue weighted by Crippen LogP contribution is -2.31. The predicted octanol–water partition coefficient (Wildman–Crippen LogP) is 3.70. The number of rotatable bonds is 5. The Morgan fingerprint density at radius 1 is 1.26 bits per heavy atom. The van der Waals surface area contributed by atoms with E-state index in [0.29, 0.717) is 0 Å². The van der Waals surface area contributed by atoms with Crippen LogP contribution in [0.1, 0.15) is 25.0 Å². The minimum atomic E-state index is -0.165. The van der Waals surface area contributed by atoms with Gasteiger partial charge in [0.25, 0.3) is 0 Å². The molecule has 0 spiro atoms. The molecule has 0 bridgehead atoms. The maximum atomic E-state index is 6.18. The van der Waals surface area contributed by atoms with Gasteiger partial charge in [0, 0.05) is 22.9 Å². The maximum Gasteiger partial charge on any atom is 0.139 e. The van der Waals surface area contributed by atoms with E-state index in [-0.39, 0.29) is 12.1 Å². The fourth-order valence-corrected chi connectivity index (χ4v) is 2.23. The van der Waals surface area contributed by atoms with Crippen LogP contribution >= 0.6 is 15.9 Å². The Morgan fingerprint density at radius 2 is 2.00 bits per heavy atom. The second kappa shape index (κ2) is 6.68. The Labute approximate surface area is 121 Å². The van der Waals surface area contributed by atoms with E-state index < -0.39 is 0 Å². The van der Waals surface area contributed by atoms with Gasteiger partial charge in [-0.25, -0.2) is 0 Å². The molecule has 2 atom stereocenters. The molecule has 0 aliphatic heterocycles. The van der Waals surface area contributed by atoms with E-state index in [0.717, 1.165) is 22.2 Å². The van der Waals surface area contributed by atoms with Crippen molar-refractivity contribution >= 4 is 15.9 Å². The van der Waals surface area contributed by atoms with Gasteiger partial charge in [-0.2, -0.15) is 0 Å². The number of benzene rings is 1. The van der Waals surface area contributed by atoms with Gasteiger partial charge >= 0.3 is 0 Å². The Bertz CT molecular complexity index is 519. The van der Waals surface area contributed by atoms with Crippen LogP contribution in [0.5, 0.6) is 5.75 Å². The summed E-state index contributed by atoms with van der Waals surface area (Å²) in [6.07, 6.45) is 4.20. The van der Waals surface area contributed by atoms with E-state index in [4.69, 9.17) is 10.5 Å². The highest BCUT2D eigenvalue weighted by Crippen LogP contribution is 2.26. The molecule has 0 saturated heterocycles. The lowest BCUT2D eigenvalue weighted by Gasteiger charge is -2.24. The first-order valence-corrected chi connectivity index (χ1v) is 7.07. The van der Waals surface area contributed by atoms with Crippen molar-refractivity contribution in [1.82, 2.24) is 4.98 Å². The van der Waals surface area contributed by atoms with Crippen LogP contribution in [0.4, 0.5) is 0 Å². The Morgan fingerprint density at radius 3 is 2.63 bits per heavy atom. The van der Waals surface area contributed by atoms with Gasteiger partial charge in [-0.05, 0) is 42.3 Å². The quantitative estimate of drug-likeness (QED) is 0.913. The smallest absolute Gasteiger partial charge is 0.139 e. The zero-order valence-corrected chi connectivity index (χ0v) is 12.4. The van der Waals surface area contributed by atoms with Crippen molar-refractivity contribution in [3.8, 4) is 5.75 Å². The lowest BCUT2D eigenvalue weighted by molar-refractivity contribution is 0.171. The first-order valence-electron chi connectivity index (χ1n) is 6.28. The molecule has 1 aromatic heterocycles. The minimum absolute atomic E-state index is 0.0543. The van der Waals surface area contributed by atoms with Crippen LogP contribution in [0.15, 0.2) is 53.3 Å². The van der Waals surface area contributed by atoms with Crippen molar-refractivity contribution in [2.45, 2.75) is 25.5 Å². The number of halogens is 1. The number of ether oxygens (including phenoxy) is 1. The summed E-state index contributed by atoms with van der Waals surface area (Å²) in [6.45, 7) is 2.06. The van der Waals surface area contributed by atoms with Crippen molar-refractivity contribution in [3.05, 3.63) is 58.8 Å². The fourth-order valence-electron chi connectivity index (χ4n) is 1.86. The molecule has 0 saturated carbocycles. The van der Waals surface area contributed by atoms with Crippen molar-refractivity contribution < 1.29 is 4.74 Å². The molecule has 2 aromatic rings. The molecule has 2 N–H and O–H groups in total. The Balaban J connectivity index is 2.24. The number of nitrogens with two attached hydrogens (primary N) is 1. The summed E-state index contributed by atoms with van der Waals surface area (Å²) in [4.78, 5) is 4.03. The van der Waals surface area contributed by atoms with Crippen molar-refractivity contribution in [2.24, 2.45) is 5.73 Å². The maximum absolute atomic E-state index is 6.18. The molecule has 0 fully saturated rings. The van der Waals surface area contributed by atoms with Gasteiger partial charge in [0.2, 0.25) is 0 Å². The number of nitrogens with zero attached hydrogens (tertiary/aromatic N) is 1. The van der Waals surface area contributed by atoms with Crippen LogP contribution in [-0.4, -0.2) is 11.0 Å². The molecule has 0 aliphatic rings. The van der Waals surface area contributed by atoms with E-state index in [9.17, 15) is 0 Å². The second-order valence-electron chi connectivity index (χ2n) is 4.35. The third kappa shape index (κ3) is 3.78. The number of hydrogen-bond acceptors (Lipinski definition) is 3. The molecule has 1 heterocycles. The molecule has 2 rings (SSSR count). The zero-order valence-electron chi connectivity index (χ0n) is 10.8. The van der Waals surface area contributed by atoms with Crippen LogP contribution in [0.25, 0.3) is 0 Å². The first kappa shape index (κ1) is 14.0. The van der Waals surface area contributed by atoms with E-state index in [1.54, 1.807) is 12.4 Å². The summed E-state index contributed by atoms with van der Waals surface area (Å²) < 4.78 is 7.04. The summed E-state index contributed by atoms with van der Waals surface area (Å²) >= 11 is 3.44. The molecule has 3 nitrogen and oxygen atoms in total. The van der Waals surface area contributed by atoms with Crippen LogP contribution in [0.2, 0.25) is 0 Å². The fraction of sp³-hybridized carbons (Fsp3) is 0.267. The van der Waals surface area contributed by atoms with Gasteiger partial charge in [0.05, 0.1) is 0 Å². The third-order valence-corrected chi connectivity index (χ3v) is 3.45. The van der Waals surface area contributed by atoms with Crippen molar-refractivity contribution in [3.63, 3.8) is 0 Å². The van der Waals surface area contributed by atoms with Gasteiger partial charge in [-0.15, -0.1) is 0 Å². The second-order valence-corrected chi connectivity index (χ2v) is 5.26. The zero-order chi connectivity index (χ0) is 13.7. The predicted molar refractivity (Wildman–Crippen MR) is 80.0 cm³/mol. The van der Waals surface area contributed by atoms with Crippen LogP contribution in [0, 0.1) is 0 Å². The standard InChI is InChI=1S/C15H17BrN2O/c1-2-14(17)15(11-6-8-18-9-7-11)19-13-5-3-4-12(16)10-13/h3-10,14-15H,2,17H2,1H3. The average molecular weight is 321 g/mol. The van der Waals surface area contributed by atoms with E-state index >= 15 is 0 Å². The number of pyridine rings is 1. The van der Waals surface area contributed by atoms with Crippen LogP contribution < -0.4 is 10.5 Å². The molecule has 4 heteroatoms. The lowest BCUT2D eigenvalue weighted by atomic mass is 10.0. The van der Waals surface area contributed by atoms with Gasteiger partial charge in [-0.1, -0.05) is 28.9 Å². The molecule has 100 valence electrons. The molecule has 2 unspecified atom stereocenters. The molecule has 0 aliphatic carbocycles. The molecular formula is C15H17BrN2O. The average Bonchev–Trinajstić information content (AvgIpc) is 2.45. The summed E-state index contributed by atoms with van der Waals surface area (Å²) in [5.41, 5.74) is 7.22. The van der Waals surface area contributed by atoms with E-state index in [2.05, 4.69) is 27.8 Å². The van der Waals surface area contributed by atoms with Gasteiger partial charge in [0.15, 0.2) is 0 Å². The Kier molecular flexibility index (Phi) is 4.93. The largest absolute Gasteiger partial charge is 0.484 e. The van der Waals surface area contributed by atoms with Gasteiger partial charge in [0.1, 0.15) is 11.9 Å². The number of hydrogen-bond donors (Lipinski definition) is 1. The van der Waals surface area contributed by atoms with Gasteiger partial charge in [-0.3, -0.25) is 4.98 Å². The summed E-state index contributed by atoms with van der Waals surface area (Å²) in [5, 5.41) is 0. The molecule has 0 amide bonds. The summed E-state index contributed by atoms with van der Waals surface area (Å²) in [6, 6.07) is 11.6. The SMILES string of the molecule is CCC(N)C(Oc1cccc(Br)c1)c1ccncc1. The van der Waals surface area contributed by atoms with Crippen LogP contribution in [-0.2, 0) is 0 Å².